The fraction of sp³-hybridized carbons (Fsp3) is 0.294. The largest absolute Gasteiger partial charge is 0.331 e. The molecule has 0 fully saturated rings. The zero-order valence-electron chi connectivity index (χ0n) is 12.9. The molecule has 0 unspecified atom stereocenters. The highest BCUT2D eigenvalue weighted by Crippen LogP contribution is 2.06. The van der Waals surface area contributed by atoms with E-state index in [2.05, 4.69) is 42.7 Å². The number of para-hydroxylation sites is 1. The van der Waals surface area contributed by atoms with E-state index in [0.29, 0.717) is 5.11 Å². The van der Waals surface area contributed by atoms with Crippen LogP contribution in [0.4, 0.5) is 5.69 Å². The van der Waals surface area contributed by atoms with Crippen molar-refractivity contribution in [2.45, 2.75) is 33.6 Å². The highest BCUT2D eigenvalue weighted by molar-refractivity contribution is 7.80. The number of nitrogens with one attached hydrogen (secondary N) is 2. The summed E-state index contributed by atoms with van der Waals surface area (Å²) in [5.41, 5.74) is 6.39. The third-order valence-corrected chi connectivity index (χ3v) is 2.92. The topological polar surface area (TPSA) is 36.4 Å². The van der Waals surface area contributed by atoms with Crippen molar-refractivity contribution in [1.82, 2.24) is 5.43 Å². The minimum absolute atomic E-state index is 0.480. The van der Waals surface area contributed by atoms with Crippen molar-refractivity contribution in [2.24, 2.45) is 5.10 Å². The Kier molecular flexibility index (Phi) is 8.05. The second-order valence-electron chi connectivity index (χ2n) is 5.04. The van der Waals surface area contributed by atoms with Gasteiger partial charge in [0.2, 0.25) is 0 Å². The molecule has 0 amide bonds. The molecule has 0 heterocycles. The van der Waals surface area contributed by atoms with E-state index in [-0.39, 0.29) is 0 Å². The third kappa shape index (κ3) is 8.76. The van der Waals surface area contributed by atoms with Gasteiger partial charge in [-0.05, 0) is 64.0 Å². The van der Waals surface area contributed by atoms with Crippen LogP contribution >= 0.6 is 12.2 Å². The molecule has 0 saturated heterocycles. The number of benzene rings is 1. The van der Waals surface area contributed by atoms with Crippen molar-refractivity contribution < 1.29 is 0 Å². The van der Waals surface area contributed by atoms with Crippen LogP contribution in [0.5, 0.6) is 0 Å². The lowest BCUT2D eigenvalue weighted by Gasteiger charge is -2.05. The average Bonchev–Trinajstić information content (AvgIpc) is 2.44. The lowest BCUT2D eigenvalue weighted by Crippen LogP contribution is -2.23. The van der Waals surface area contributed by atoms with Gasteiger partial charge < -0.3 is 5.32 Å². The summed E-state index contributed by atoms with van der Waals surface area (Å²) in [6, 6.07) is 9.76. The predicted molar refractivity (Wildman–Crippen MR) is 96.7 cm³/mol. The fourth-order valence-corrected chi connectivity index (χ4v) is 1.78. The summed E-state index contributed by atoms with van der Waals surface area (Å²) in [5.74, 6) is 0. The SMILES string of the molecule is CC(C)=CCCC(C)=CC=NNC(=S)Nc1ccccc1. The molecule has 4 heteroatoms. The van der Waals surface area contributed by atoms with E-state index < -0.39 is 0 Å². The summed E-state index contributed by atoms with van der Waals surface area (Å²) in [7, 11) is 0. The summed E-state index contributed by atoms with van der Waals surface area (Å²) >= 11 is 5.15. The molecule has 112 valence electrons. The lowest BCUT2D eigenvalue weighted by molar-refractivity contribution is 0.968. The number of hydrazone groups is 1. The first-order valence-corrected chi connectivity index (χ1v) is 7.43. The molecule has 0 aliphatic heterocycles. The Morgan fingerprint density at radius 3 is 2.57 bits per heavy atom. The van der Waals surface area contributed by atoms with E-state index in [1.807, 2.05) is 36.4 Å². The van der Waals surface area contributed by atoms with Crippen LogP contribution in [0.2, 0.25) is 0 Å². The zero-order chi connectivity index (χ0) is 15.5. The number of hydrogen-bond donors (Lipinski definition) is 2. The number of nitrogens with zero attached hydrogens (tertiary/aromatic N) is 1. The van der Waals surface area contributed by atoms with Crippen LogP contribution in [0.3, 0.4) is 0 Å². The van der Waals surface area contributed by atoms with Crippen molar-refractivity contribution in [1.29, 1.82) is 0 Å². The Labute approximate surface area is 132 Å². The first-order valence-electron chi connectivity index (χ1n) is 7.02. The third-order valence-electron chi connectivity index (χ3n) is 2.72. The van der Waals surface area contributed by atoms with E-state index in [0.717, 1.165) is 18.5 Å². The van der Waals surface area contributed by atoms with Gasteiger partial charge in [0.05, 0.1) is 0 Å². The maximum atomic E-state index is 5.15. The van der Waals surface area contributed by atoms with Gasteiger partial charge >= 0.3 is 0 Å². The molecule has 0 aliphatic carbocycles. The predicted octanol–water partition coefficient (Wildman–Crippen LogP) is 4.65. The Bertz CT molecular complexity index is 526. The zero-order valence-corrected chi connectivity index (χ0v) is 13.7. The standard InChI is InChI=1S/C17H23N3S/c1-14(2)8-7-9-15(3)12-13-18-20-17(21)19-16-10-5-4-6-11-16/h4-6,8,10-13H,7,9H2,1-3H3,(H2,19,20,21). The van der Waals surface area contributed by atoms with Gasteiger partial charge in [-0.3, -0.25) is 5.43 Å². The van der Waals surface area contributed by atoms with Crippen LogP contribution in [0, 0.1) is 0 Å². The van der Waals surface area contributed by atoms with Gasteiger partial charge in [-0.2, -0.15) is 5.10 Å². The lowest BCUT2D eigenvalue weighted by atomic mass is 10.1. The minimum atomic E-state index is 0.480. The van der Waals surface area contributed by atoms with Gasteiger partial charge in [-0.1, -0.05) is 35.4 Å². The number of allylic oxidation sites excluding steroid dienone is 4. The van der Waals surface area contributed by atoms with Gasteiger partial charge in [0.25, 0.3) is 0 Å². The molecule has 0 aromatic heterocycles. The smallest absolute Gasteiger partial charge is 0.191 e. The summed E-state index contributed by atoms with van der Waals surface area (Å²) in [6.45, 7) is 6.33. The Balaban J connectivity index is 2.30. The molecule has 0 aliphatic rings. The minimum Gasteiger partial charge on any atom is -0.331 e. The van der Waals surface area contributed by atoms with Crippen molar-refractivity contribution in [3.05, 3.63) is 53.6 Å². The molecule has 3 nitrogen and oxygen atoms in total. The van der Waals surface area contributed by atoms with Crippen LogP contribution in [-0.2, 0) is 0 Å². The van der Waals surface area contributed by atoms with Gasteiger partial charge in [-0.25, -0.2) is 0 Å². The van der Waals surface area contributed by atoms with Gasteiger partial charge in [0.15, 0.2) is 5.11 Å². The highest BCUT2D eigenvalue weighted by atomic mass is 32.1. The summed E-state index contributed by atoms with van der Waals surface area (Å²) in [6.07, 6.45) is 8.09. The molecule has 21 heavy (non-hydrogen) atoms. The van der Waals surface area contributed by atoms with Crippen LogP contribution in [0.15, 0.2) is 58.7 Å². The molecular formula is C17H23N3S. The average molecular weight is 301 g/mol. The molecule has 1 rings (SSSR count). The van der Waals surface area contributed by atoms with Crippen LogP contribution in [-0.4, -0.2) is 11.3 Å². The van der Waals surface area contributed by atoms with Gasteiger partial charge in [0, 0.05) is 11.9 Å². The molecule has 1 aromatic carbocycles. The molecule has 0 saturated carbocycles. The first kappa shape index (κ1) is 17.1. The Morgan fingerprint density at radius 1 is 1.19 bits per heavy atom. The van der Waals surface area contributed by atoms with Crippen molar-refractivity contribution >= 4 is 29.2 Å². The van der Waals surface area contributed by atoms with Gasteiger partial charge in [-0.15, -0.1) is 0 Å². The molecule has 0 spiro atoms. The fourth-order valence-electron chi connectivity index (χ4n) is 1.61. The Hall–Kier alpha value is -1.94. The Morgan fingerprint density at radius 2 is 1.90 bits per heavy atom. The van der Waals surface area contributed by atoms with E-state index in [4.69, 9.17) is 12.2 Å². The quantitative estimate of drug-likeness (QED) is 0.347. The molecule has 0 radical (unpaired) electrons. The number of anilines is 1. The van der Waals surface area contributed by atoms with Crippen molar-refractivity contribution in [3.63, 3.8) is 0 Å². The van der Waals surface area contributed by atoms with Gasteiger partial charge in [0.1, 0.15) is 0 Å². The second-order valence-corrected chi connectivity index (χ2v) is 5.45. The highest BCUT2D eigenvalue weighted by Gasteiger charge is 1.93. The maximum Gasteiger partial charge on any atom is 0.191 e. The molecular weight excluding hydrogens is 278 g/mol. The summed E-state index contributed by atoms with van der Waals surface area (Å²) < 4.78 is 0. The number of hydrogen-bond acceptors (Lipinski definition) is 2. The summed E-state index contributed by atoms with van der Waals surface area (Å²) in [4.78, 5) is 0. The maximum absolute atomic E-state index is 5.15. The van der Waals surface area contributed by atoms with E-state index >= 15 is 0 Å². The van der Waals surface area contributed by atoms with E-state index in [1.54, 1.807) is 6.21 Å². The van der Waals surface area contributed by atoms with E-state index in [9.17, 15) is 0 Å². The molecule has 2 N–H and O–H groups in total. The number of thiocarbonyl (C=S) groups is 1. The van der Waals surface area contributed by atoms with Crippen LogP contribution < -0.4 is 10.7 Å². The summed E-state index contributed by atoms with van der Waals surface area (Å²) in [5, 5.41) is 7.61. The second kappa shape index (κ2) is 9.88. The van der Waals surface area contributed by atoms with Crippen molar-refractivity contribution in [3.8, 4) is 0 Å². The monoisotopic (exact) mass is 301 g/mol. The van der Waals surface area contributed by atoms with E-state index in [1.165, 1.54) is 11.1 Å². The molecule has 0 atom stereocenters. The van der Waals surface area contributed by atoms with Crippen molar-refractivity contribution in [2.75, 3.05) is 5.32 Å². The first-order chi connectivity index (χ1) is 10.1. The van der Waals surface area contributed by atoms with Crippen LogP contribution in [0.25, 0.3) is 0 Å². The molecule has 1 aromatic rings. The van der Waals surface area contributed by atoms with Crippen LogP contribution in [0.1, 0.15) is 33.6 Å². The molecule has 0 bridgehead atoms. The normalized spacial score (nSPS) is 11.3. The number of rotatable bonds is 6.